The average Bonchev–Trinajstić information content (AvgIpc) is 3.06. The second-order valence-electron chi connectivity index (χ2n) is 5.84. The number of aromatic nitrogens is 2. The first-order valence-electron chi connectivity index (χ1n) is 7.51. The fourth-order valence-electron chi connectivity index (χ4n) is 2.42. The average molecular weight is 376 g/mol. The van der Waals surface area contributed by atoms with E-state index in [0.717, 1.165) is 33.2 Å². The Balaban J connectivity index is 0.000000141. The van der Waals surface area contributed by atoms with Crippen molar-refractivity contribution in [3.63, 3.8) is 0 Å². The number of rotatable bonds is 0. The highest BCUT2D eigenvalue weighted by Crippen LogP contribution is 2.28. The van der Waals surface area contributed by atoms with Crippen LogP contribution >= 0.6 is 34.7 Å². The maximum atomic E-state index is 5.98. The van der Waals surface area contributed by atoms with Crippen molar-refractivity contribution < 1.29 is 0 Å². The minimum absolute atomic E-state index is 0.825. The van der Waals surface area contributed by atoms with Crippen LogP contribution in [-0.4, -0.2) is 8.75 Å². The van der Waals surface area contributed by atoms with Crippen LogP contribution in [0.5, 0.6) is 0 Å². The summed E-state index contributed by atoms with van der Waals surface area (Å²) in [7, 11) is 0. The second kappa shape index (κ2) is 6.67. The molecule has 0 atom stereocenters. The number of nitrogen functional groups attached to an aromatic ring is 1. The fraction of sp³-hybridized carbons (Fsp3) is 0.222. The van der Waals surface area contributed by atoms with Crippen LogP contribution in [0.4, 0.5) is 5.69 Å². The van der Waals surface area contributed by atoms with Crippen LogP contribution in [-0.2, 0) is 0 Å². The predicted molar refractivity (Wildman–Crippen MR) is 108 cm³/mol. The van der Waals surface area contributed by atoms with E-state index in [1.54, 1.807) is 0 Å². The van der Waals surface area contributed by atoms with Gasteiger partial charge in [-0.15, -0.1) is 0 Å². The van der Waals surface area contributed by atoms with Crippen molar-refractivity contribution in [3.8, 4) is 0 Å². The first kappa shape index (κ1) is 17.1. The third-order valence-electron chi connectivity index (χ3n) is 3.97. The zero-order valence-corrected chi connectivity index (χ0v) is 16.4. The van der Waals surface area contributed by atoms with Gasteiger partial charge in [-0.3, -0.25) is 0 Å². The molecular weight excluding hydrogens is 358 g/mol. The molecule has 0 aliphatic carbocycles. The molecule has 0 radical (unpaired) electrons. The van der Waals surface area contributed by atoms with E-state index in [-0.39, 0.29) is 0 Å². The van der Waals surface area contributed by atoms with Crippen molar-refractivity contribution in [3.05, 3.63) is 51.8 Å². The largest absolute Gasteiger partial charge is 0.398 e. The summed E-state index contributed by atoms with van der Waals surface area (Å²) in [5.74, 6) is 0. The molecule has 0 amide bonds. The van der Waals surface area contributed by atoms with Crippen LogP contribution in [0.1, 0.15) is 22.5 Å². The lowest BCUT2D eigenvalue weighted by Crippen LogP contribution is -1.87. The Morgan fingerprint density at radius 2 is 1.29 bits per heavy atom. The number of halogens is 1. The van der Waals surface area contributed by atoms with E-state index < -0.39 is 0 Å². The van der Waals surface area contributed by atoms with E-state index in [9.17, 15) is 0 Å². The van der Waals surface area contributed by atoms with Crippen LogP contribution in [0.3, 0.4) is 0 Å². The van der Waals surface area contributed by atoms with Gasteiger partial charge in [-0.25, -0.2) is 0 Å². The molecule has 0 unspecified atom stereocenters. The first-order chi connectivity index (χ1) is 11.4. The molecule has 0 saturated heterocycles. The first-order valence-corrected chi connectivity index (χ1v) is 9.43. The number of hydrogen-bond acceptors (Lipinski definition) is 5. The van der Waals surface area contributed by atoms with Crippen LogP contribution in [0.15, 0.2) is 24.3 Å². The zero-order chi connectivity index (χ0) is 17.4. The molecule has 2 N–H and O–H groups in total. The summed E-state index contributed by atoms with van der Waals surface area (Å²) in [6.07, 6.45) is 0. The molecule has 0 bridgehead atoms. The van der Waals surface area contributed by atoms with Gasteiger partial charge in [0.2, 0.25) is 0 Å². The Kier molecular flexibility index (Phi) is 4.76. The van der Waals surface area contributed by atoms with Gasteiger partial charge < -0.3 is 5.73 Å². The molecule has 0 fully saturated rings. The lowest BCUT2D eigenvalue weighted by molar-refractivity contribution is 1.37. The highest BCUT2D eigenvalue weighted by atomic mass is 35.5. The van der Waals surface area contributed by atoms with Gasteiger partial charge in [-0.2, -0.15) is 8.75 Å². The van der Waals surface area contributed by atoms with Gasteiger partial charge in [0.15, 0.2) is 0 Å². The Bertz CT molecular complexity index is 950. The summed E-state index contributed by atoms with van der Waals surface area (Å²) in [5, 5.41) is 3.28. The van der Waals surface area contributed by atoms with Crippen LogP contribution in [0.2, 0.25) is 5.02 Å². The predicted octanol–water partition coefficient (Wildman–Crippen LogP) is 6.06. The molecular formula is C18H18ClN3S2. The monoisotopic (exact) mass is 375 g/mol. The number of hydrogen-bond donors (Lipinski definition) is 1. The number of anilines is 1. The molecule has 2 aromatic heterocycles. The van der Waals surface area contributed by atoms with E-state index in [0.29, 0.717) is 0 Å². The summed E-state index contributed by atoms with van der Waals surface area (Å²) in [6.45, 7) is 8.07. The summed E-state index contributed by atoms with van der Waals surface area (Å²) < 4.78 is 10.9. The molecule has 0 aliphatic heterocycles. The Labute approximate surface area is 154 Å². The summed E-state index contributed by atoms with van der Waals surface area (Å²) in [4.78, 5) is 0. The molecule has 3 nitrogen and oxygen atoms in total. The molecule has 4 aromatic rings. The highest BCUT2D eigenvalue weighted by molar-refractivity contribution is 7.13. The Morgan fingerprint density at radius 1 is 0.792 bits per heavy atom. The van der Waals surface area contributed by atoms with Crippen LogP contribution in [0.25, 0.3) is 20.2 Å². The molecule has 124 valence electrons. The number of aryl methyl sites for hydroxylation is 4. The highest BCUT2D eigenvalue weighted by Gasteiger charge is 2.04. The lowest BCUT2D eigenvalue weighted by atomic mass is 10.1. The Hall–Kier alpha value is -1.69. The molecule has 0 spiro atoms. The quantitative estimate of drug-likeness (QED) is 0.380. The van der Waals surface area contributed by atoms with Gasteiger partial charge in [0.25, 0.3) is 0 Å². The number of benzene rings is 2. The van der Waals surface area contributed by atoms with Gasteiger partial charge in [0.05, 0.1) is 20.8 Å². The number of nitrogens with two attached hydrogens (primary N) is 1. The molecule has 0 saturated carbocycles. The topological polar surface area (TPSA) is 51.8 Å². The van der Waals surface area contributed by atoms with E-state index in [1.165, 1.54) is 43.2 Å². The lowest BCUT2D eigenvalue weighted by Gasteiger charge is -1.98. The summed E-state index contributed by atoms with van der Waals surface area (Å²) in [6, 6.07) is 8.17. The van der Waals surface area contributed by atoms with Gasteiger partial charge in [0, 0.05) is 21.5 Å². The fourth-order valence-corrected chi connectivity index (χ4v) is 4.27. The van der Waals surface area contributed by atoms with E-state index in [4.69, 9.17) is 17.3 Å². The molecule has 2 heterocycles. The Morgan fingerprint density at radius 3 is 1.88 bits per heavy atom. The third-order valence-corrected chi connectivity index (χ3v) is 6.18. The SMILES string of the molecule is Cc1cc2c(C)nsc2cc1Cl.Cc1cc2c(C)nsc2cc1N. The summed E-state index contributed by atoms with van der Waals surface area (Å²) >= 11 is 8.98. The van der Waals surface area contributed by atoms with Crippen molar-refractivity contribution in [2.24, 2.45) is 0 Å². The molecule has 24 heavy (non-hydrogen) atoms. The number of fused-ring (bicyclic) bond motifs is 2. The van der Waals surface area contributed by atoms with Crippen LogP contribution < -0.4 is 5.73 Å². The molecule has 2 aromatic carbocycles. The summed E-state index contributed by atoms with van der Waals surface area (Å²) in [5.41, 5.74) is 11.1. The van der Waals surface area contributed by atoms with E-state index >= 15 is 0 Å². The van der Waals surface area contributed by atoms with Gasteiger partial charge in [-0.1, -0.05) is 11.6 Å². The van der Waals surface area contributed by atoms with E-state index in [2.05, 4.69) is 20.9 Å². The standard InChI is InChI=1S/C9H8ClNS.C9H10N2S/c2*1-5-3-7-6(2)11-12-9(7)4-8(5)10/h3-4H,1-2H3;3-4H,10H2,1-2H3. The van der Waals surface area contributed by atoms with Gasteiger partial charge in [-0.05, 0) is 86.2 Å². The normalized spacial score (nSPS) is 10.9. The minimum Gasteiger partial charge on any atom is -0.398 e. The van der Waals surface area contributed by atoms with Gasteiger partial charge >= 0.3 is 0 Å². The molecule has 6 heteroatoms. The third kappa shape index (κ3) is 3.24. The maximum absolute atomic E-state index is 5.98. The second-order valence-corrected chi connectivity index (χ2v) is 7.86. The van der Waals surface area contributed by atoms with Crippen molar-refractivity contribution in [2.75, 3.05) is 5.73 Å². The van der Waals surface area contributed by atoms with Crippen molar-refractivity contribution in [1.82, 2.24) is 8.75 Å². The number of nitrogens with zero attached hydrogens (tertiary/aromatic N) is 2. The molecule has 4 rings (SSSR count). The van der Waals surface area contributed by atoms with Crippen LogP contribution in [0, 0.1) is 27.7 Å². The van der Waals surface area contributed by atoms with Gasteiger partial charge in [0.1, 0.15) is 0 Å². The van der Waals surface area contributed by atoms with Crippen molar-refractivity contribution in [1.29, 1.82) is 0 Å². The molecule has 0 aliphatic rings. The maximum Gasteiger partial charge on any atom is 0.0590 e. The minimum atomic E-state index is 0.825. The zero-order valence-electron chi connectivity index (χ0n) is 14.0. The smallest absolute Gasteiger partial charge is 0.0590 e. The van der Waals surface area contributed by atoms with E-state index in [1.807, 2.05) is 39.8 Å². The van der Waals surface area contributed by atoms with Crippen molar-refractivity contribution in [2.45, 2.75) is 27.7 Å². The van der Waals surface area contributed by atoms with Crippen molar-refractivity contribution >= 4 is 60.5 Å².